The molecule has 3 N–H and O–H groups in total. The van der Waals surface area contributed by atoms with E-state index in [-0.39, 0.29) is 59.0 Å². The molecule has 8 nitrogen and oxygen atoms in total. The van der Waals surface area contributed by atoms with Crippen LogP contribution in [0.1, 0.15) is 97.3 Å². The topological polar surface area (TPSA) is 85.9 Å². The summed E-state index contributed by atoms with van der Waals surface area (Å²) in [6.07, 6.45) is 14.0. The fourth-order valence-electron chi connectivity index (χ4n) is 11.8. The van der Waals surface area contributed by atoms with Crippen LogP contribution in [0, 0.1) is 17.8 Å². The summed E-state index contributed by atoms with van der Waals surface area (Å²) in [4.78, 5) is 32.4. The molecule has 0 spiro atoms. The van der Waals surface area contributed by atoms with Gasteiger partial charge in [0, 0.05) is 41.8 Å². The van der Waals surface area contributed by atoms with Crippen LogP contribution in [0.3, 0.4) is 0 Å². The number of fused-ring (bicyclic) bond motifs is 5. The van der Waals surface area contributed by atoms with E-state index in [4.69, 9.17) is 4.74 Å². The van der Waals surface area contributed by atoms with E-state index >= 15 is 4.39 Å². The number of likely N-dealkylation sites (tertiary alicyclic amines) is 1. The molecule has 8 fully saturated rings. The van der Waals surface area contributed by atoms with Gasteiger partial charge in [-0.1, -0.05) is 25.7 Å². The monoisotopic (exact) mass is 611 g/mol. The number of Topliss-reactive ketones (excluding diaryl/α,β-unsaturated/α-hetero) is 1. The van der Waals surface area contributed by atoms with Crippen molar-refractivity contribution < 1.29 is 18.7 Å². The Balaban J connectivity index is 1.06. The molecule has 44 heavy (non-hydrogen) atoms. The molecule has 0 aromatic carbocycles. The van der Waals surface area contributed by atoms with Crippen LogP contribution in [0.5, 0.6) is 0 Å². The summed E-state index contributed by atoms with van der Waals surface area (Å²) in [5.74, 6) is 0.304. The van der Waals surface area contributed by atoms with E-state index in [1.165, 1.54) is 32.1 Å². The summed E-state index contributed by atoms with van der Waals surface area (Å²) >= 11 is 0. The molecule has 2 bridgehead atoms. The summed E-state index contributed by atoms with van der Waals surface area (Å²) in [6.45, 7) is 6.22. The van der Waals surface area contributed by atoms with Crippen LogP contribution in [0.2, 0.25) is 0 Å². The van der Waals surface area contributed by atoms with Gasteiger partial charge in [-0.2, -0.15) is 0 Å². The van der Waals surface area contributed by atoms with Crippen molar-refractivity contribution in [3.63, 3.8) is 0 Å². The molecule has 4 saturated carbocycles. The Kier molecular flexibility index (Phi) is 7.47. The molecule has 12 atom stereocenters. The largest absolute Gasteiger partial charge is 0.369 e. The number of carbonyl (C=O) groups is 2. The Morgan fingerprint density at radius 3 is 2.52 bits per heavy atom. The molecule has 0 radical (unpaired) electrons. The molecule has 5 heterocycles. The summed E-state index contributed by atoms with van der Waals surface area (Å²) < 4.78 is 23.4. The lowest BCUT2D eigenvalue weighted by Crippen LogP contribution is -2.78. The number of ether oxygens (including phenoxy) is 1. The van der Waals surface area contributed by atoms with Crippen LogP contribution in [-0.4, -0.2) is 101 Å². The summed E-state index contributed by atoms with van der Waals surface area (Å²) in [5.41, 5.74) is 0.446. The van der Waals surface area contributed by atoms with E-state index < -0.39 is 24.2 Å². The lowest BCUT2D eigenvalue weighted by atomic mass is 9.61. The number of morpholine rings is 1. The van der Waals surface area contributed by atoms with Gasteiger partial charge in [-0.15, -0.1) is 0 Å². The van der Waals surface area contributed by atoms with Gasteiger partial charge in [-0.05, 0) is 97.1 Å². The van der Waals surface area contributed by atoms with Crippen molar-refractivity contribution in [1.82, 2.24) is 25.8 Å². The van der Waals surface area contributed by atoms with Crippen molar-refractivity contribution >= 4 is 11.7 Å². The van der Waals surface area contributed by atoms with Crippen molar-refractivity contribution in [2.45, 2.75) is 157 Å². The average molecular weight is 612 g/mol. The molecule has 0 aromatic rings. The highest BCUT2D eigenvalue weighted by Gasteiger charge is 2.61. The number of halogens is 1. The van der Waals surface area contributed by atoms with Crippen LogP contribution in [0.15, 0.2) is 11.8 Å². The summed E-state index contributed by atoms with van der Waals surface area (Å²) in [5, 5.41) is 10.6. The summed E-state index contributed by atoms with van der Waals surface area (Å²) in [7, 11) is 2.14. The van der Waals surface area contributed by atoms with E-state index in [0.717, 1.165) is 51.5 Å². The lowest BCUT2D eigenvalue weighted by molar-refractivity contribution is -0.210. The Hall–Kier alpha value is -1.55. The highest BCUT2D eigenvalue weighted by molar-refractivity contribution is 6.20. The maximum absolute atomic E-state index is 16.4. The maximum atomic E-state index is 16.4. The third-order valence-electron chi connectivity index (χ3n) is 13.4. The molecular formula is C35H54FN5O3. The normalized spacial score (nSPS) is 49.7. The van der Waals surface area contributed by atoms with Gasteiger partial charge in [0.2, 0.25) is 0 Å². The Morgan fingerprint density at radius 1 is 1.09 bits per heavy atom. The zero-order valence-electron chi connectivity index (χ0n) is 27.0. The molecule has 1 amide bonds. The number of piperidine rings is 1. The number of nitrogens with one attached hydrogen (secondary N) is 3. The second-order valence-electron chi connectivity index (χ2n) is 16.7. The molecule has 4 aliphatic carbocycles. The fourth-order valence-corrected chi connectivity index (χ4v) is 11.8. The van der Waals surface area contributed by atoms with Crippen molar-refractivity contribution in [1.29, 1.82) is 0 Å². The standard InChI is InChI=1S/C35H54FN5O3/c1-34-16-22(17-35(2,19-34)39-34)38-29-26(36)15-24-30-32(29)44-28-14-21-8-5-4-7-20(21)13-27(28)41(30)18-25(31(24)42)33(43)37-11-10-23-9-6-12-40(23)3/h18,20-24,26-30,32,38-39H,4-17,19H2,1-3H3,(H,37,43). The molecule has 244 valence electrons. The number of ketones is 1. The van der Waals surface area contributed by atoms with E-state index in [0.29, 0.717) is 24.4 Å². The van der Waals surface area contributed by atoms with Crippen molar-refractivity contribution in [2.75, 3.05) is 20.1 Å². The van der Waals surface area contributed by atoms with Crippen molar-refractivity contribution in [3.8, 4) is 0 Å². The predicted octanol–water partition coefficient (Wildman–Crippen LogP) is 3.45. The molecule has 12 unspecified atom stereocenters. The number of rotatable bonds is 6. The number of nitrogens with zero attached hydrogens (tertiary/aromatic N) is 2. The van der Waals surface area contributed by atoms with E-state index in [1.807, 2.05) is 6.20 Å². The quantitative estimate of drug-likeness (QED) is 0.397. The van der Waals surface area contributed by atoms with Crippen LogP contribution in [-0.2, 0) is 14.3 Å². The minimum atomic E-state index is -1.19. The number of hydrogen-bond acceptors (Lipinski definition) is 7. The smallest absolute Gasteiger partial charge is 0.256 e. The third-order valence-corrected chi connectivity index (χ3v) is 13.4. The van der Waals surface area contributed by atoms with Gasteiger partial charge in [-0.3, -0.25) is 9.59 Å². The maximum Gasteiger partial charge on any atom is 0.256 e. The first kappa shape index (κ1) is 29.8. The van der Waals surface area contributed by atoms with Crippen LogP contribution in [0.4, 0.5) is 4.39 Å². The highest BCUT2D eigenvalue weighted by atomic mass is 19.1. The molecule has 0 aromatic heterocycles. The van der Waals surface area contributed by atoms with E-state index in [1.54, 1.807) is 0 Å². The average Bonchev–Trinajstić information content (AvgIpc) is 3.38. The lowest BCUT2D eigenvalue weighted by Gasteiger charge is -2.63. The van der Waals surface area contributed by atoms with Gasteiger partial charge in [0.15, 0.2) is 5.78 Å². The highest BCUT2D eigenvalue weighted by Crippen LogP contribution is 2.51. The van der Waals surface area contributed by atoms with Gasteiger partial charge in [0.25, 0.3) is 5.91 Å². The molecular weight excluding hydrogens is 557 g/mol. The molecule has 9 aliphatic rings. The Morgan fingerprint density at radius 2 is 1.82 bits per heavy atom. The fraction of sp³-hybridized carbons (Fsp3) is 0.886. The van der Waals surface area contributed by atoms with E-state index in [2.05, 4.69) is 46.6 Å². The van der Waals surface area contributed by atoms with Crippen LogP contribution in [0.25, 0.3) is 0 Å². The molecule has 9 rings (SSSR count). The summed E-state index contributed by atoms with van der Waals surface area (Å²) in [6, 6.07) is 0.173. The molecule has 5 aliphatic heterocycles. The van der Waals surface area contributed by atoms with Gasteiger partial charge in [0.1, 0.15) is 6.17 Å². The minimum Gasteiger partial charge on any atom is -0.369 e. The SMILES string of the molecule is CN1CCCC1CCNC(=O)C1=CN2C3CC4CCCCC4CC3OC3C(NC4CC5(C)CC(C)(C4)N5)C(F)CC(C1=O)C32. The predicted molar refractivity (Wildman–Crippen MR) is 167 cm³/mol. The van der Waals surface area contributed by atoms with Crippen molar-refractivity contribution in [2.24, 2.45) is 17.8 Å². The third kappa shape index (κ3) is 5.07. The van der Waals surface area contributed by atoms with Gasteiger partial charge in [0.05, 0.1) is 35.9 Å². The van der Waals surface area contributed by atoms with Crippen LogP contribution >= 0.6 is 0 Å². The first-order valence-corrected chi connectivity index (χ1v) is 18.0. The number of alkyl halides is 1. The zero-order valence-corrected chi connectivity index (χ0v) is 27.0. The zero-order chi connectivity index (χ0) is 30.4. The number of amides is 1. The first-order valence-electron chi connectivity index (χ1n) is 18.0. The van der Waals surface area contributed by atoms with Crippen LogP contribution < -0.4 is 16.0 Å². The number of hydrogen-bond donors (Lipinski definition) is 3. The van der Waals surface area contributed by atoms with Gasteiger partial charge in [-0.25, -0.2) is 4.39 Å². The van der Waals surface area contributed by atoms with Gasteiger partial charge < -0.3 is 30.5 Å². The number of carbonyl (C=O) groups excluding carboxylic acids is 2. The van der Waals surface area contributed by atoms with Crippen molar-refractivity contribution in [3.05, 3.63) is 11.8 Å². The van der Waals surface area contributed by atoms with E-state index in [9.17, 15) is 9.59 Å². The Bertz CT molecular complexity index is 1170. The molecule has 9 heteroatoms. The minimum absolute atomic E-state index is 0.00831. The van der Waals surface area contributed by atoms with Gasteiger partial charge >= 0.3 is 0 Å². The molecule has 4 saturated heterocycles. The first-order chi connectivity index (χ1) is 21.1. The Labute approximate surface area is 262 Å². The second kappa shape index (κ2) is 11.0. The second-order valence-corrected chi connectivity index (χ2v) is 16.7.